The van der Waals surface area contributed by atoms with E-state index >= 15 is 0 Å². The fourth-order valence-corrected chi connectivity index (χ4v) is 7.21. The molecule has 3 rings (SSSR count). The maximum absolute atomic E-state index is 14.2. The number of aliphatic hydroxyl groups is 1. The molecule has 3 saturated carbocycles. The fourth-order valence-electron chi connectivity index (χ4n) is 6.30. The van der Waals surface area contributed by atoms with E-state index < -0.39 is 11.0 Å². The molecule has 0 radical (unpaired) electrons. The third-order valence-corrected chi connectivity index (χ3v) is 9.38. The highest BCUT2D eigenvalue weighted by atomic mass is 32.2. The Morgan fingerprint density at radius 3 is 2.84 bits per heavy atom. The molecule has 3 aliphatic carbocycles. The number of fused-ring (bicyclic) bond motifs is 1. The lowest BCUT2D eigenvalue weighted by atomic mass is 9.61. The number of aliphatic hydroxyl groups excluding tert-OH is 1. The monoisotopic (exact) mass is 463 g/mol. The number of allylic oxidation sites excluding steroid dienone is 5. The number of hydrogen-bond acceptors (Lipinski definition) is 2. The lowest BCUT2D eigenvalue weighted by Crippen LogP contribution is -2.35. The first-order chi connectivity index (χ1) is 15.3. The van der Waals surface area contributed by atoms with Crippen molar-refractivity contribution in [3.05, 3.63) is 47.7 Å². The van der Waals surface area contributed by atoms with E-state index in [9.17, 15) is 13.8 Å². The van der Waals surface area contributed by atoms with Crippen LogP contribution in [0.2, 0.25) is 0 Å². The van der Waals surface area contributed by atoms with Crippen molar-refractivity contribution in [3.8, 4) is 0 Å². The summed E-state index contributed by atoms with van der Waals surface area (Å²) >= 11 is 0. The Morgan fingerprint density at radius 1 is 1.31 bits per heavy atom. The van der Waals surface area contributed by atoms with Gasteiger partial charge in [0, 0.05) is 12.0 Å². The van der Waals surface area contributed by atoms with Gasteiger partial charge in [0.15, 0.2) is 0 Å². The number of hydrogen-bond donors (Lipinski definition) is 1. The molecule has 6 atom stereocenters. The van der Waals surface area contributed by atoms with Gasteiger partial charge in [0.25, 0.3) is 0 Å². The van der Waals surface area contributed by atoms with Crippen LogP contribution >= 0.6 is 0 Å². The summed E-state index contributed by atoms with van der Waals surface area (Å²) in [5.74, 6) is 1.69. The molecular weight excluding hydrogens is 421 g/mol. The first-order valence-corrected chi connectivity index (χ1v) is 13.8. The Hall–Kier alpha value is -1.20. The van der Waals surface area contributed by atoms with Crippen LogP contribution in [0.1, 0.15) is 85.0 Å². The van der Waals surface area contributed by atoms with E-state index in [0.29, 0.717) is 28.5 Å². The summed E-state index contributed by atoms with van der Waals surface area (Å²) in [5.41, 5.74) is 4.12. The Bertz CT molecular complexity index is 789. The topological polar surface area (TPSA) is 40.5 Å². The molecule has 3 fully saturated rings. The van der Waals surface area contributed by atoms with E-state index in [2.05, 4.69) is 32.6 Å². The fraction of sp³-hybridized carbons (Fsp3) is 0.704. The highest BCUT2D eigenvalue weighted by Crippen LogP contribution is 2.59. The van der Waals surface area contributed by atoms with E-state index in [4.69, 9.17) is 0 Å². The number of rotatable bonds is 8. The van der Waals surface area contributed by atoms with Gasteiger partial charge in [0.2, 0.25) is 0 Å². The maximum Gasteiger partial charge on any atom is 0.147 e. The van der Waals surface area contributed by atoms with Gasteiger partial charge in [-0.2, -0.15) is 0 Å². The van der Waals surface area contributed by atoms with Gasteiger partial charge in [-0.25, -0.2) is 4.21 Å². The molecule has 1 N–H and O–H groups in total. The van der Waals surface area contributed by atoms with Crippen molar-refractivity contribution in [2.45, 2.75) is 91.1 Å². The van der Waals surface area contributed by atoms with Crippen LogP contribution in [0.4, 0.5) is 4.48 Å². The summed E-state index contributed by atoms with van der Waals surface area (Å²) < 4.78 is 26.6. The summed E-state index contributed by atoms with van der Waals surface area (Å²) in [4.78, 5) is 0. The number of halogens is 1. The zero-order valence-electron chi connectivity index (χ0n) is 20.2. The second-order valence-electron chi connectivity index (χ2n) is 10.4. The highest BCUT2D eigenvalue weighted by molar-refractivity contribution is 7.82. The molecule has 0 bridgehead atoms. The van der Waals surface area contributed by atoms with Crippen molar-refractivity contribution in [3.63, 3.8) is 0 Å². The van der Waals surface area contributed by atoms with Crippen molar-refractivity contribution in [1.29, 1.82) is 0 Å². The van der Waals surface area contributed by atoms with Crippen LogP contribution in [-0.2, 0) is 11.0 Å². The lowest BCUT2D eigenvalue weighted by molar-refractivity contribution is 0.111. The molecule has 0 aromatic rings. The summed E-state index contributed by atoms with van der Waals surface area (Å²) in [5, 5.41) is 10.0. The summed E-state index contributed by atoms with van der Waals surface area (Å²) in [6.07, 6.45) is 17.6. The van der Waals surface area contributed by atoms with Crippen LogP contribution in [0.3, 0.4) is 0 Å². The molecule has 0 aromatic carbocycles. The largest absolute Gasteiger partial charge is 0.393 e. The van der Waals surface area contributed by atoms with E-state index in [1.807, 2.05) is 13.0 Å². The lowest BCUT2D eigenvalue weighted by Gasteiger charge is -2.44. The smallest absolute Gasteiger partial charge is 0.147 e. The molecule has 0 spiro atoms. The first-order valence-electron chi connectivity index (χ1n) is 12.5. The summed E-state index contributed by atoms with van der Waals surface area (Å²) in [6.45, 7) is 10.8. The molecule has 0 amide bonds. The molecule has 180 valence electrons. The molecule has 32 heavy (non-hydrogen) atoms. The Morgan fingerprint density at radius 2 is 2.09 bits per heavy atom. The van der Waals surface area contributed by atoms with Crippen molar-refractivity contribution in [2.75, 3.05) is 5.75 Å². The normalized spacial score (nSPS) is 35.4. The van der Waals surface area contributed by atoms with E-state index in [0.717, 1.165) is 38.5 Å². The van der Waals surface area contributed by atoms with Gasteiger partial charge in [-0.15, -0.1) is 4.53 Å². The highest BCUT2D eigenvalue weighted by Gasteiger charge is 2.50. The SMILES string of the molecule is C=C1CCC(O)C/C1=C/C=C1\CCCC2(C)C1CCC2C(C)/C=C/N(F)S(=O)CCCC. The maximum atomic E-state index is 14.2. The molecular formula is C27H42FNO2S. The minimum atomic E-state index is -1.58. The van der Waals surface area contributed by atoms with Crippen LogP contribution in [0.15, 0.2) is 47.7 Å². The average Bonchev–Trinajstić information content (AvgIpc) is 3.13. The molecule has 3 nitrogen and oxygen atoms in total. The van der Waals surface area contributed by atoms with Gasteiger partial charge in [0.05, 0.1) is 6.10 Å². The molecule has 3 aliphatic rings. The zero-order chi connectivity index (χ0) is 23.3. The van der Waals surface area contributed by atoms with Crippen LogP contribution in [0, 0.1) is 23.2 Å². The van der Waals surface area contributed by atoms with Crippen LogP contribution in [-0.4, -0.2) is 25.7 Å². The minimum absolute atomic E-state index is 0.220. The summed E-state index contributed by atoms with van der Waals surface area (Å²) in [7, 11) is -1.58. The minimum Gasteiger partial charge on any atom is -0.393 e. The van der Waals surface area contributed by atoms with Crippen LogP contribution < -0.4 is 0 Å². The molecule has 0 aliphatic heterocycles. The molecule has 5 heteroatoms. The van der Waals surface area contributed by atoms with Gasteiger partial charge in [-0.05, 0) is 86.5 Å². The molecule has 0 aromatic heterocycles. The van der Waals surface area contributed by atoms with Gasteiger partial charge in [-0.1, -0.05) is 67.6 Å². The molecule has 0 saturated heterocycles. The van der Waals surface area contributed by atoms with Crippen LogP contribution in [0.25, 0.3) is 0 Å². The second-order valence-corrected chi connectivity index (χ2v) is 11.8. The van der Waals surface area contributed by atoms with Crippen LogP contribution in [0.5, 0.6) is 0 Å². The second kappa shape index (κ2) is 11.3. The van der Waals surface area contributed by atoms with Gasteiger partial charge < -0.3 is 5.11 Å². The zero-order valence-corrected chi connectivity index (χ0v) is 21.0. The average molecular weight is 464 g/mol. The number of nitrogens with zero attached hydrogens (tertiary/aromatic N) is 1. The van der Waals surface area contributed by atoms with Crippen molar-refractivity contribution < 1.29 is 13.8 Å². The van der Waals surface area contributed by atoms with Gasteiger partial charge in [-0.3, -0.25) is 0 Å². The first kappa shape index (κ1) is 25.4. The van der Waals surface area contributed by atoms with Gasteiger partial charge >= 0.3 is 0 Å². The quantitative estimate of drug-likeness (QED) is 0.395. The number of unbranched alkanes of at least 4 members (excludes halogenated alkanes) is 1. The predicted molar refractivity (Wildman–Crippen MR) is 133 cm³/mol. The molecule has 0 heterocycles. The van der Waals surface area contributed by atoms with Crippen molar-refractivity contribution in [1.82, 2.24) is 4.53 Å². The third-order valence-electron chi connectivity index (χ3n) is 8.23. The van der Waals surface area contributed by atoms with Crippen molar-refractivity contribution in [2.24, 2.45) is 23.2 Å². The molecule has 6 unspecified atom stereocenters. The predicted octanol–water partition coefficient (Wildman–Crippen LogP) is 6.96. The van der Waals surface area contributed by atoms with E-state index in [-0.39, 0.29) is 17.4 Å². The van der Waals surface area contributed by atoms with Crippen molar-refractivity contribution >= 4 is 11.0 Å². The Labute approximate surface area is 197 Å². The van der Waals surface area contributed by atoms with E-state index in [1.165, 1.54) is 42.2 Å². The summed E-state index contributed by atoms with van der Waals surface area (Å²) in [6, 6.07) is 0. The van der Waals surface area contributed by atoms with E-state index in [1.54, 1.807) is 0 Å². The van der Waals surface area contributed by atoms with Gasteiger partial charge in [0.1, 0.15) is 11.0 Å². The third kappa shape index (κ3) is 5.83. The standard InChI is InChI=1S/C27H42FNO2S/c1-5-6-18-32(31)29(28)17-15-21(3)25-13-14-26-22(8-7-16-27(25,26)4)10-11-23-19-24(30)12-9-20(23)2/h10-11,15,17,21,24-26,30H,2,5-9,12-14,16,18-19H2,1,3-4H3/b17-15+,22-10+,23-11-. The Balaban J connectivity index is 1.69. The Kier molecular flexibility index (Phi) is 8.97.